The van der Waals surface area contributed by atoms with Gasteiger partial charge in [0.05, 0.1) is 17.1 Å². The molecule has 0 N–H and O–H groups in total. The summed E-state index contributed by atoms with van der Waals surface area (Å²) >= 11 is 0. The standard InChI is InChI=1S/C53H37N.C46H32N2.C45H31N3/c1-4-14-36(15-5-1)43-26-28-48-49-29-27-44(33-51(49)47-25-11-10-24-46(47)50(48)32-43)41-22-12-20-39(30-41)40-21-13-23-42(31-40)45-34-52(37-16-6-2-7-17-37)54-53(35-45)38-18-8-3-9-19-38;1-2-14-31(15-3-1)46-47-29-28-45(48-46)43-25-13-12-23-40(43)37-20-8-6-18-35(37)34-17-5-4-16-33(34)32-26-27-42-39-22-9-7-19-36(39)38-21-10-11-24-41(38)44(42)30-32;1-2-14-30(15-3-1)44-46-29-47-45(48-44)42-25-13-12-23-39(42)36-20-8-6-18-34(36)33-17-5-4-16-32(33)31-26-27-41-38-22-9-7-19-35(38)37-21-10-11-24-40(37)43(41)28-31/h1-35,48,50H;1-30,38,41H;1-29,37,40H. The third kappa shape index (κ3) is 17.6. The van der Waals surface area contributed by atoms with Crippen molar-refractivity contribution in [2.45, 2.75) is 35.5 Å². The largest absolute Gasteiger partial charge is 0.248 e. The van der Waals surface area contributed by atoms with Gasteiger partial charge >= 0.3 is 0 Å². The summed E-state index contributed by atoms with van der Waals surface area (Å²) in [5, 5.41) is 0. The smallest absolute Gasteiger partial charge is 0.163 e. The van der Waals surface area contributed by atoms with Crippen molar-refractivity contribution in [1.82, 2.24) is 29.9 Å². The van der Waals surface area contributed by atoms with Crippen LogP contribution in [0.2, 0.25) is 0 Å². The molecule has 6 heteroatoms. The molecular weight excluding hydrogens is 1810 g/mol. The molecular formula is C144H100N6. The first kappa shape index (κ1) is 90.8. The van der Waals surface area contributed by atoms with Crippen LogP contribution in [0.3, 0.4) is 0 Å². The quantitative estimate of drug-likeness (QED) is 0.0959. The Balaban J connectivity index is 0.000000114. The van der Waals surface area contributed by atoms with E-state index in [9.17, 15) is 0 Å². The summed E-state index contributed by atoms with van der Waals surface area (Å²) in [6.07, 6.45) is 28.9. The van der Waals surface area contributed by atoms with E-state index in [1.165, 1.54) is 156 Å². The van der Waals surface area contributed by atoms with Gasteiger partial charge in [0.15, 0.2) is 17.5 Å². The Hall–Kier alpha value is -19.1. The topological polar surface area (TPSA) is 77.3 Å². The Labute approximate surface area is 875 Å². The van der Waals surface area contributed by atoms with Crippen molar-refractivity contribution in [3.05, 3.63) is 610 Å². The highest BCUT2D eigenvalue weighted by Crippen LogP contribution is 2.57. The molecule has 0 radical (unpaired) electrons. The van der Waals surface area contributed by atoms with E-state index in [4.69, 9.17) is 15.0 Å². The Bertz CT molecular complexity index is 8710. The van der Waals surface area contributed by atoms with Crippen LogP contribution in [-0.2, 0) is 0 Å². The highest BCUT2D eigenvalue weighted by atomic mass is 15.0. The van der Waals surface area contributed by atoms with Crippen LogP contribution in [0, 0.1) is 0 Å². The van der Waals surface area contributed by atoms with Gasteiger partial charge in [-0.05, 0) is 227 Å². The second kappa shape index (κ2) is 40.5. The summed E-state index contributed by atoms with van der Waals surface area (Å²) in [5.74, 6) is 3.99. The maximum Gasteiger partial charge on any atom is 0.163 e. The molecule has 3 heterocycles. The van der Waals surface area contributed by atoms with Gasteiger partial charge in [-0.15, -0.1) is 0 Å². The number of fused-ring (bicyclic) bond motifs is 18. The number of rotatable bonds is 16. The van der Waals surface area contributed by atoms with Crippen molar-refractivity contribution in [3.8, 4) is 201 Å². The highest BCUT2D eigenvalue weighted by Gasteiger charge is 2.37. The summed E-state index contributed by atoms with van der Waals surface area (Å²) in [6, 6.07) is 176. The lowest BCUT2D eigenvalue weighted by molar-refractivity contribution is 0.720. The number of allylic oxidation sites excluding steroid dienone is 12. The SMILES string of the molecule is C1=CC2c3ccc(-c4cccc(-c5cccc(-c6cc(-c7ccccc7)nc(-c7ccccc7)c6)c5)c4)cc3-c3ccccc3C2C=C1c1ccccc1.C1=CC2c3ccccc3-c3ccc(-c4ccccc4-c4ccccc4-c4ccccc4-c4ccnc(-c5ccccc5)n4)cc3C2C=C1.C1=CC2c3ccccc3-c3ccc(-c4ccccc4-c4ccccc4-c4ccccc4-c4ncnc(-c5ccccc5)n4)cc3C2C=C1. The summed E-state index contributed by atoms with van der Waals surface area (Å²) in [6.45, 7) is 0. The van der Waals surface area contributed by atoms with Crippen LogP contribution in [0.15, 0.2) is 571 Å². The number of aromatic nitrogens is 6. The third-order valence-electron chi connectivity index (χ3n) is 30.5. The maximum absolute atomic E-state index is 5.10. The average Bonchev–Trinajstić information content (AvgIpc) is 0.743. The average molecular weight is 1910 g/mol. The van der Waals surface area contributed by atoms with Crippen molar-refractivity contribution in [2.24, 2.45) is 0 Å². The molecule has 706 valence electrons. The highest BCUT2D eigenvalue weighted by molar-refractivity contribution is 5.99. The van der Waals surface area contributed by atoms with Gasteiger partial charge in [0.1, 0.15) is 6.33 Å². The van der Waals surface area contributed by atoms with Crippen LogP contribution in [-0.4, -0.2) is 29.9 Å². The molecule has 6 aliphatic rings. The fourth-order valence-electron chi connectivity index (χ4n) is 23.4. The van der Waals surface area contributed by atoms with E-state index in [2.05, 4.69) is 519 Å². The minimum atomic E-state index is 0.309. The normalized spacial score (nSPS) is 15.6. The van der Waals surface area contributed by atoms with Crippen molar-refractivity contribution in [2.75, 3.05) is 0 Å². The van der Waals surface area contributed by atoms with Gasteiger partial charge in [-0.25, -0.2) is 29.9 Å². The first-order valence-corrected chi connectivity index (χ1v) is 51.8. The van der Waals surface area contributed by atoms with Crippen LogP contribution < -0.4 is 0 Å². The number of nitrogens with zero attached hydrogens (tertiary/aromatic N) is 6. The molecule has 28 rings (SSSR count). The third-order valence-corrected chi connectivity index (χ3v) is 30.5. The molecule has 0 fully saturated rings. The Kier molecular flexibility index (Phi) is 24.5. The number of hydrogen-bond acceptors (Lipinski definition) is 6. The van der Waals surface area contributed by atoms with E-state index in [0.29, 0.717) is 47.2 Å². The lowest BCUT2D eigenvalue weighted by atomic mass is 9.68. The monoisotopic (exact) mass is 1910 g/mol. The molecule has 6 unspecified atom stereocenters. The van der Waals surface area contributed by atoms with E-state index >= 15 is 0 Å². The molecule has 6 nitrogen and oxygen atoms in total. The molecule has 6 aliphatic carbocycles. The van der Waals surface area contributed by atoms with Gasteiger partial charge in [-0.3, -0.25) is 0 Å². The number of pyridine rings is 1. The Morgan fingerprint density at radius 3 is 0.927 bits per heavy atom. The zero-order valence-electron chi connectivity index (χ0n) is 82.4. The van der Waals surface area contributed by atoms with E-state index in [1.54, 1.807) is 6.33 Å². The van der Waals surface area contributed by atoms with E-state index < -0.39 is 0 Å². The Morgan fingerprint density at radius 2 is 0.460 bits per heavy atom. The van der Waals surface area contributed by atoms with Gasteiger partial charge in [0, 0.05) is 75.1 Å². The van der Waals surface area contributed by atoms with E-state index in [0.717, 1.165) is 78.5 Å². The van der Waals surface area contributed by atoms with Gasteiger partial charge in [0.25, 0.3) is 0 Å². The second-order valence-electron chi connectivity index (χ2n) is 39.1. The Morgan fingerprint density at radius 1 is 0.147 bits per heavy atom. The zero-order chi connectivity index (χ0) is 99.6. The van der Waals surface area contributed by atoms with Gasteiger partial charge in [-0.2, -0.15) is 0 Å². The molecule has 0 saturated carbocycles. The van der Waals surface area contributed by atoms with Crippen LogP contribution in [0.1, 0.15) is 74.5 Å². The zero-order valence-corrected chi connectivity index (χ0v) is 82.4. The second-order valence-corrected chi connectivity index (χ2v) is 39.1. The van der Waals surface area contributed by atoms with Crippen molar-refractivity contribution < 1.29 is 0 Å². The molecule has 150 heavy (non-hydrogen) atoms. The summed E-state index contributed by atoms with van der Waals surface area (Å²) < 4.78 is 0. The van der Waals surface area contributed by atoms with Crippen molar-refractivity contribution in [1.29, 1.82) is 0 Å². The molecule has 6 atom stereocenters. The molecule has 0 amide bonds. The van der Waals surface area contributed by atoms with Gasteiger partial charge in [-0.1, -0.05) is 510 Å². The van der Waals surface area contributed by atoms with Crippen LogP contribution >= 0.6 is 0 Å². The molecule has 0 aliphatic heterocycles. The van der Waals surface area contributed by atoms with Crippen LogP contribution in [0.25, 0.3) is 207 Å². The molecule has 0 spiro atoms. The lowest BCUT2D eigenvalue weighted by Crippen LogP contribution is -2.17. The maximum atomic E-state index is 5.10. The molecule has 0 bridgehead atoms. The first-order valence-electron chi connectivity index (χ1n) is 51.8. The minimum Gasteiger partial charge on any atom is -0.248 e. The predicted molar refractivity (Wildman–Crippen MR) is 621 cm³/mol. The summed E-state index contributed by atoms with van der Waals surface area (Å²) in [4.78, 5) is 28.8. The van der Waals surface area contributed by atoms with E-state index in [1.807, 2.05) is 60.8 Å². The summed E-state index contributed by atoms with van der Waals surface area (Å²) in [7, 11) is 0. The molecule has 22 aromatic rings. The first-order chi connectivity index (χ1) is 74.4. The number of benzene rings is 19. The van der Waals surface area contributed by atoms with Crippen molar-refractivity contribution in [3.63, 3.8) is 0 Å². The van der Waals surface area contributed by atoms with Crippen LogP contribution in [0.4, 0.5) is 0 Å². The number of hydrogen-bond donors (Lipinski definition) is 0. The predicted octanol–water partition coefficient (Wildman–Crippen LogP) is 36.9. The lowest BCUT2D eigenvalue weighted by Gasteiger charge is -2.35. The van der Waals surface area contributed by atoms with E-state index in [-0.39, 0.29) is 0 Å². The summed E-state index contributed by atoms with van der Waals surface area (Å²) in [5.41, 5.74) is 49.4. The van der Waals surface area contributed by atoms with Gasteiger partial charge < -0.3 is 0 Å². The molecule has 3 aromatic heterocycles. The van der Waals surface area contributed by atoms with Crippen LogP contribution in [0.5, 0.6) is 0 Å². The molecule has 0 saturated heterocycles. The van der Waals surface area contributed by atoms with Crippen molar-refractivity contribution >= 4 is 5.57 Å². The fourth-order valence-corrected chi connectivity index (χ4v) is 23.4. The molecule has 19 aromatic carbocycles. The fraction of sp³-hybridized carbons (Fsp3) is 0.0417. The minimum absolute atomic E-state index is 0.309. The van der Waals surface area contributed by atoms with Gasteiger partial charge in [0.2, 0.25) is 0 Å².